The van der Waals surface area contributed by atoms with Crippen molar-refractivity contribution in [2.24, 2.45) is 11.0 Å². The number of urea groups is 1. The van der Waals surface area contributed by atoms with E-state index in [0.29, 0.717) is 10.7 Å². The molecule has 8 heteroatoms. The number of carbonyl (C=O) groups is 2. The minimum Gasteiger partial charge on any atom is -0.480 e. The third-order valence-corrected chi connectivity index (χ3v) is 2.39. The summed E-state index contributed by atoms with van der Waals surface area (Å²) in [6.45, 7) is 0. The number of carboxylic acid groups (broad SMARTS) is 1. The Morgan fingerprint density at radius 2 is 2.00 bits per heavy atom. The molecule has 19 heavy (non-hydrogen) atoms. The number of rotatable bonds is 5. The van der Waals surface area contributed by atoms with Gasteiger partial charge in [0, 0.05) is 12.7 Å². The Balaban J connectivity index is 2.64. The lowest BCUT2D eigenvalue weighted by Crippen LogP contribution is -2.32. The van der Waals surface area contributed by atoms with Crippen LogP contribution in [0.4, 0.5) is 10.5 Å². The van der Waals surface area contributed by atoms with Gasteiger partial charge in [-0.1, -0.05) is 12.1 Å². The van der Waals surface area contributed by atoms with Gasteiger partial charge in [0.1, 0.15) is 6.04 Å². The molecule has 8 nitrogen and oxygen atoms in total. The number of anilines is 1. The van der Waals surface area contributed by atoms with E-state index in [-0.39, 0.29) is 6.42 Å². The first-order valence-corrected chi connectivity index (χ1v) is 5.39. The van der Waals surface area contributed by atoms with Crippen molar-refractivity contribution in [3.8, 4) is 0 Å². The summed E-state index contributed by atoms with van der Waals surface area (Å²) in [5, 5.41) is 14.2. The van der Waals surface area contributed by atoms with Crippen LogP contribution in [0.2, 0.25) is 0 Å². The summed E-state index contributed by atoms with van der Waals surface area (Å²) < 4.78 is 0. The molecule has 102 valence electrons. The van der Waals surface area contributed by atoms with Gasteiger partial charge in [-0.2, -0.15) is 5.01 Å². The van der Waals surface area contributed by atoms with Crippen molar-refractivity contribution in [2.45, 2.75) is 12.5 Å². The van der Waals surface area contributed by atoms with Crippen LogP contribution in [0.3, 0.4) is 0 Å². The standard InChI is InChI=1S/C11H14N4O4/c1-15(14-19)11(18)13-8-4-2-7(3-5-8)6-9(12)10(16)17/h2-5,9H,6,12H2,1H3,(H,13,18)(H,16,17)/t9-/m0/s1. The van der Waals surface area contributed by atoms with Gasteiger partial charge in [-0.05, 0) is 24.1 Å². The summed E-state index contributed by atoms with van der Waals surface area (Å²) in [6.07, 6.45) is 0.194. The Morgan fingerprint density at radius 1 is 1.42 bits per heavy atom. The van der Waals surface area contributed by atoms with E-state index >= 15 is 0 Å². The molecule has 0 heterocycles. The van der Waals surface area contributed by atoms with Crippen molar-refractivity contribution < 1.29 is 14.7 Å². The molecule has 0 aromatic heterocycles. The van der Waals surface area contributed by atoms with Gasteiger partial charge in [0.2, 0.25) is 0 Å². The number of hydrogen-bond acceptors (Lipinski definition) is 5. The van der Waals surface area contributed by atoms with Crippen molar-refractivity contribution >= 4 is 17.7 Å². The molecular weight excluding hydrogens is 252 g/mol. The fourth-order valence-electron chi connectivity index (χ4n) is 1.31. The van der Waals surface area contributed by atoms with Crippen molar-refractivity contribution in [2.75, 3.05) is 12.4 Å². The quantitative estimate of drug-likeness (QED) is 0.536. The summed E-state index contributed by atoms with van der Waals surface area (Å²) in [5.74, 6) is -1.07. The molecule has 2 amide bonds. The van der Waals surface area contributed by atoms with E-state index in [9.17, 15) is 14.5 Å². The maximum absolute atomic E-state index is 11.3. The van der Waals surface area contributed by atoms with Gasteiger partial charge >= 0.3 is 12.0 Å². The molecule has 0 fully saturated rings. The van der Waals surface area contributed by atoms with E-state index in [2.05, 4.69) is 10.6 Å². The third-order valence-electron chi connectivity index (χ3n) is 2.39. The largest absolute Gasteiger partial charge is 0.480 e. The molecule has 0 unspecified atom stereocenters. The lowest BCUT2D eigenvalue weighted by molar-refractivity contribution is -0.138. The minimum atomic E-state index is -1.07. The number of nitrogens with one attached hydrogen (secondary N) is 1. The molecule has 1 aromatic carbocycles. The molecule has 0 saturated heterocycles. The Kier molecular flexibility index (Phi) is 4.95. The van der Waals surface area contributed by atoms with Gasteiger partial charge in [0.25, 0.3) is 0 Å². The maximum Gasteiger partial charge on any atom is 0.344 e. The van der Waals surface area contributed by atoms with E-state index in [0.717, 1.165) is 5.56 Å². The number of aliphatic carboxylic acids is 1. The van der Waals surface area contributed by atoms with E-state index in [1.807, 2.05) is 0 Å². The summed E-state index contributed by atoms with van der Waals surface area (Å²) >= 11 is 0. The van der Waals surface area contributed by atoms with Crippen LogP contribution in [-0.4, -0.2) is 35.2 Å². The fraction of sp³-hybridized carbons (Fsp3) is 0.273. The van der Waals surface area contributed by atoms with Crippen LogP contribution >= 0.6 is 0 Å². The van der Waals surface area contributed by atoms with Crippen molar-refractivity contribution in [1.29, 1.82) is 0 Å². The first kappa shape index (κ1) is 14.6. The van der Waals surface area contributed by atoms with Gasteiger partial charge in [0.05, 0.1) is 5.29 Å². The first-order valence-electron chi connectivity index (χ1n) is 5.39. The van der Waals surface area contributed by atoms with Gasteiger partial charge in [-0.3, -0.25) is 4.79 Å². The SMILES string of the molecule is CN(N=O)C(=O)Nc1ccc(C[C@H](N)C(=O)O)cc1. The number of hydrogen-bond donors (Lipinski definition) is 3. The third kappa shape index (κ3) is 4.36. The number of nitroso groups, excluding NO2 is 1. The predicted molar refractivity (Wildman–Crippen MR) is 68.3 cm³/mol. The maximum atomic E-state index is 11.3. The minimum absolute atomic E-state index is 0.194. The van der Waals surface area contributed by atoms with Gasteiger partial charge in [-0.25, -0.2) is 4.79 Å². The molecule has 1 atom stereocenters. The molecule has 1 rings (SSSR count). The number of benzene rings is 1. The summed E-state index contributed by atoms with van der Waals surface area (Å²) in [6, 6.07) is 4.83. The van der Waals surface area contributed by atoms with Crippen LogP contribution in [0, 0.1) is 4.91 Å². The van der Waals surface area contributed by atoms with E-state index < -0.39 is 18.0 Å². The Labute approximate surface area is 109 Å². The molecule has 0 aliphatic heterocycles. The second-order valence-corrected chi connectivity index (χ2v) is 3.88. The Hall–Kier alpha value is -2.48. The van der Waals surface area contributed by atoms with E-state index in [4.69, 9.17) is 10.8 Å². The Bertz CT molecular complexity index is 474. The summed E-state index contributed by atoms with van der Waals surface area (Å²) in [7, 11) is 1.22. The molecule has 0 bridgehead atoms. The number of carbonyl (C=O) groups excluding carboxylic acids is 1. The molecule has 0 spiro atoms. The summed E-state index contributed by atoms with van der Waals surface area (Å²) in [5.41, 5.74) is 6.60. The molecule has 0 radical (unpaired) electrons. The average molecular weight is 266 g/mol. The molecule has 4 N–H and O–H groups in total. The number of amides is 2. The second-order valence-electron chi connectivity index (χ2n) is 3.88. The van der Waals surface area contributed by atoms with Crippen LogP contribution in [0.1, 0.15) is 5.56 Å². The van der Waals surface area contributed by atoms with Crippen LogP contribution in [0.15, 0.2) is 29.6 Å². The normalized spacial score (nSPS) is 11.5. The van der Waals surface area contributed by atoms with Crippen LogP contribution in [-0.2, 0) is 11.2 Å². The van der Waals surface area contributed by atoms with E-state index in [1.165, 1.54) is 7.05 Å². The highest BCUT2D eigenvalue weighted by atomic mass is 16.4. The van der Waals surface area contributed by atoms with Crippen molar-refractivity contribution in [1.82, 2.24) is 5.01 Å². The smallest absolute Gasteiger partial charge is 0.344 e. The van der Waals surface area contributed by atoms with Gasteiger partial charge in [-0.15, -0.1) is 4.91 Å². The zero-order chi connectivity index (χ0) is 14.4. The van der Waals surface area contributed by atoms with Crippen molar-refractivity contribution in [3.05, 3.63) is 34.7 Å². The van der Waals surface area contributed by atoms with Crippen LogP contribution in [0.5, 0.6) is 0 Å². The topological polar surface area (TPSA) is 125 Å². The van der Waals surface area contributed by atoms with Crippen molar-refractivity contribution in [3.63, 3.8) is 0 Å². The lowest BCUT2D eigenvalue weighted by Gasteiger charge is -2.10. The van der Waals surface area contributed by atoms with Gasteiger partial charge < -0.3 is 16.2 Å². The Morgan fingerprint density at radius 3 is 2.47 bits per heavy atom. The second kappa shape index (κ2) is 6.45. The highest BCUT2D eigenvalue weighted by Crippen LogP contribution is 2.11. The molecule has 1 aromatic rings. The number of nitrogens with zero attached hydrogens (tertiary/aromatic N) is 2. The molecule has 0 aliphatic rings. The molecule has 0 saturated carbocycles. The van der Waals surface area contributed by atoms with E-state index in [1.54, 1.807) is 24.3 Å². The molecule has 0 aliphatic carbocycles. The fourth-order valence-corrected chi connectivity index (χ4v) is 1.31. The van der Waals surface area contributed by atoms with Crippen LogP contribution in [0.25, 0.3) is 0 Å². The lowest BCUT2D eigenvalue weighted by atomic mass is 10.1. The zero-order valence-electron chi connectivity index (χ0n) is 10.2. The summed E-state index contributed by atoms with van der Waals surface area (Å²) in [4.78, 5) is 32.0. The highest BCUT2D eigenvalue weighted by Gasteiger charge is 2.12. The molecular formula is C11H14N4O4. The zero-order valence-corrected chi connectivity index (χ0v) is 10.2. The monoisotopic (exact) mass is 266 g/mol. The number of nitrogens with two attached hydrogens (primary N) is 1. The van der Waals surface area contributed by atoms with Gasteiger partial charge in [0.15, 0.2) is 0 Å². The van der Waals surface area contributed by atoms with Crippen LogP contribution < -0.4 is 11.1 Å². The number of carboxylic acids is 1. The predicted octanol–water partition coefficient (Wildman–Crippen LogP) is 0.786. The first-order chi connectivity index (χ1) is 8.93. The highest BCUT2D eigenvalue weighted by molar-refractivity contribution is 5.88. The average Bonchev–Trinajstić information content (AvgIpc) is 2.39.